The summed E-state index contributed by atoms with van der Waals surface area (Å²) in [5, 5.41) is 4.33. The molecule has 2 heteroatoms. The number of hydrogen-bond donors (Lipinski definition) is 0. The lowest BCUT2D eigenvalue weighted by molar-refractivity contribution is 0.359. The molecule has 1 heterocycles. The number of hydrogen-bond acceptors (Lipinski definition) is 2. The second-order valence-corrected chi connectivity index (χ2v) is 5.17. The molecule has 0 bridgehead atoms. The highest BCUT2D eigenvalue weighted by Gasteiger charge is 2.32. The Balaban J connectivity index is 1.83. The van der Waals surface area contributed by atoms with Gasteiger partial charge in [0.2, 0.25) is 0 Å². The normalized spacial score (nSPS) is 23.3. The zero-order valence-electron chi connectivity index (χ0n) is 9.46. The van der Waals surface area contributed by atoms with Gasteiger partial charge in [-0.25, -0.2) is 0 Å². The quantitative estimate of drug-likeness (QED) is 0.731. The summed E-state index contributed by atoms with van der Waals surface area (Å²) < 4.78 is 5.52. The van der Waals surface area contributed by atoms with Crippen molar-refractivity contribution < 1.29 is 4.52 Å². The first-order valence-electron chi connectivity index (χ1n) is 6.32. The Bertz CT molecular complexity index is 345. The van der Waals surface area contributed by atoms with Crippen LogP contribution in [-0.2, 0) is 0 Å². The van der Waals surface area contributed by atoms with Gasteiger partial charge in [0.15, 0.2) is 0 Å². The summed E-state index contributed by atoms with van der Waals surface area (Å²) in [4.78, 5) is 0. The van der Waals surface area contributed by atoms with E-state index in [1.54, 1.807) is 0 Å². The lowest BCUT2D eigenvalue weighted by atomic mass is 9.85. The van der Waals surface area contributed by atoms with E-state index in [2.05, 4.69) is 12.1 Å². The van der Waals surface area contributed by atoms with E-state index < -0.39 is 0 Å². The van der Waals surface area contributed by atoms with Gasteiger partial charge < -0.3 is 4.52 Å². The molecule has 2 aliphatic carbocycles. The molecule has 2 nitrogen and oxygen atoms in total. The molecule has 3 rings (SSSR count). The van der Waals surface area contributed by atoms with E-state index in [-0.39, 0.29) is 0 Å². The fourth-order valence-electron chi connectivity index (χ4n) is 2.84. The van der Waals surface area contributed by atoms with E-state index in [9.17, 15) is 0 Å². The largest absolute Gasteiger partial charge is 0.361 e. The predicted octanol–water partition coefficient (Wildman–Crippen LogP) is 3.91. The molecule has 0 saturated heterocycles. The molecule has 0 N–H and O–H groups in total. The van der Waals surface area contributed by atoms with Crippen LogP contribution >= 0.6 is 0 Å². The summed E-state index contributed by atoms with van der Waals surface area (Å²) in [7, 11) is 0. The third kappa shape index (κ3) is 1.70. The SMILES string of the molecule is Cc1c(C2CCCCC2)noc1C1CC1. The summed E-state index contributed by atoms with van der Waals surface area (Å²) in [6, 6.07) is 0. The first-order valence-corrected chi connectivity index (χ1v) is 6.32. The van der Waals surface area contributed by atoms with Gasteiger partial charge in [-0.05, 0) is 32.6 Å². The highest BCUT2D eigenvalue weighted by molar-refractivity contribution is 5.29. The Morgan fingerprint density at radius 3 is 2.40 bits per heavy atom. The molecule has 0 aromatic carbocycles. The van der Waals surface area contributed by atoms with Crippen molar-refractivity contribution in [1.82, 2.24) is 5.16 Å². The predicted molar refractivity (Wildman–Crippen MR) is 59.0 cm³/mol. The van der Waals surface area contributed by atoms with Crippen molar-refractivity contribution in [3.8, 4) is 0 Å². The highest BCUT2D eigenvalue weighted by Crippen LogP contribution is 2.44. The molecular formula is C13H19NO. The molecule has 0 atom stereocenters. The van der Waals surface area contributed by atoms with Gasteiger partial charge in [0.05, 0.1) is 5.69 Å². The van der Waals surface area contributed by atoms with Crippen molar-refractivity contribution in [3.63, 3.8) is 0 Å². The molecule has 2 fully saturated rings. The van der Waals surface area contributed by atoms with Crippen molar-refractivity contribution in [2.24, 2.45) is 0 Å². The maximum atomic E-state index is 5.52. The molecule has 0 unspecified atom stereocenters. The van der Waals surface area contributed by atoms with Crippen LogP contribution in [0.15, 0.2) is 4.52 Å². The summed E-state index contributed by atoms with van der Waals surface area (Å²) in [6.07, 6.45) is 9.39. The summed E-state index contributed by atoms with van der Waals surface area (Å²) >= 11 is 0. The molecule has 82 valence electrons. The van der Waals surface area contributed by atoms with Crippen LogP contribution in [-0.4, -0.2) is 5.16 Å². The van der Waals surface area contributed by atoms with Crippen LogP contribution in [0.2, 0.25) is 0 Å². The highest BCUT2D eigenvalue weighted by atomic mass is 16.5. The third-order valence-electron chi connectivity index (χ3n) is 3.94. The van der Waals surface area contributed by atoms with Gasteiger partial charge in [-0.1, -0.05) is 24.4 Å². The third-order valence-corrected chi connectivity index (χ3v) is 3.94. The van der Waals surface area contributed by atoms with Gasteiger partial charge in [-0.15, -0.1) is 0 Å². The van der Waals surface area contributed by atoms with Gasteiger partial charge in [0.1, 0.15) is 5.76 Å². The summed E-state index contributed by atoms with van der Waals surface area (Å²) in [5.41, 5.74) is 2.64. The van der Waals surface area contributed by atoms with Crippen LogP contribution in [0.25, 0.3) is 0 Å². The average molecular weight is 205 g/mol. The maximum Gasteiger partial charge on any atom is 0.142 e. The Kier molecular flexibility index (Phi) is 2.30. The molecule has 1 aromatic heterocycles. The molecule has 0 spiro atoms. The van der Waals surface area contributed by atoms with Crippen LogP contribution in [0.4, 0.5) is 0 Å². The Morgan fingerprint density at radius 2 is 1.73 bits per heavy atom. The van der Waals surface area contributed by atoms with Gasteiger partial charge in [0, 0.05) is 17.4 Å². The first kappa shape index (κ1) is 9.44. The Labute approximate surface area is 91.0 Å². The number of nitrogens with zero attached hydrogens (tertiary/aromatic N) is 1. The Hall–Kier alpha value is -0.790. The number of aromatic nitrogens is 1. The van der Waals surface area contributed by atoms with Gasteiger partial charge in [0.25, 0.3) is 0 Å². The van der Waals surface area contributed by atoms with Crippen molar-refractivity contribution in [2.45, 2.75) is 63.7 Å². The maximum absolute atomic E-state index is 5.52. The molecule has 15 heavy (non-hydrogen) atoms. The van der Waals surface area contributed by atoms with Crippen molar-refractivity contribution in [2.75, 3.05) is 0 Å². The molecule has 2 saturated carbocycles. The van der Waals surface area contributed by atoms with Crippen molar-refractivity contribution in [1.29, 1.82) is 0 Å². The zero-order valence-corrected chi connectivity index (χ0v) is 9.46. The van der Waals surface area contributed by atoms with E-state index in [0.717, 1.165) is 0 Å². The zero-order chi connectivity index (χ0) is 10.3. The first-order chi connectivity index (χ1) is 7.36. The second-order valence-electron chi connectivity index (χ2n) is 5.17. The van der Waals surface area contributed by atoms with Crippen molar-refractivity contribution in [3.05, 3.63) is 17.0 Å². The molecule has 2 aliphatic rings. The van der Waals surface area contributed by atoms with Crippen molar-refractivity contribution >= 4 is 0 Å². The smallest absolute Gasteiger partial charge is 0.142 e. The molecule has 1 aromatic rings. The van der Waals surface area contributed by atoms with Crippen LogP contribution in [0.5, 0.6) is 0 Å². The molecular weight excluding hydrogens is 186 g/mol. The fourth-order valence-corrected chi connectivity index (χ4v) is 2.84. The minimum atomic E-state index is 0.690. The molecule has 0 amide bonds. The second kappa shape index (κ2) is 3.66. The monoisotopic (exact) mass is 205 g/mol. The van der Waals surface area contributed by atoms with Gasteiger partial charge in [-0.3, -0.25) is 0 Å². The molecule has 0 aliphatic heterocycles. The van der Waals surface area contributed by atoms with E-state index in [4.69, 9.17) is 4.52 Å². The van der Waals surface area contributed by atoms with Crippen LogP contribution in [0, 0.1) is 6.92 Å². The summed E-state index contributed by atoms with van der Waals surface area (Å²) in [6.45, 7) is 2.20. The van der Waals surface area contributed by atoms with Gasteiger partial charge >= 0.3 is 0 Å². The van der Waals surface area contributed by atoms with Crippen LogP contribution < -0.4 is 0 Å². The minimum Gasteiger partial charge on any atom is -0.361 e. The summed E-state index contributed by atoms with van der Waals surface area (Å²) in [5.74, 6) is 2.58. The minimum absolute atomic E-state index is 0.690. The standard InChI is InChI=1S/C13H19NO/c1-9-12(10-5-3-2-4-6-10)14-15-13(9)11-7-8-11/h10-11H,2-8H2,1H3. The lowest BCUT2D eigenvalue weighted by Crippen LogP contribution is -2.06. The van der Waals surface area contributed by atoms with E-state index in [1.165, 1.54) is 62.0 Å². The van der Waals surface area contributed by atoms with Crippen LogP contribution in [0.3, 0.4) is 0 Å². The Morgan fingerprint density at radius 1 is 1.00 bits per heavy atom. The topological polar surface area (TPSA) is 26.0 Å². The lowest BCUT2D eigenvalue weighted by Gasteiger charge is -2.19. The van der Waals surface area contributed by atoms with Crippen LogP contribution in [0.1, 0.15) is 73.8 Å². The van der Waals surface area contributed by atoms with E-state index >= 15 is 0 Å². The number of rotatable bonds is 2. The fraction of sp³-hybridized carbons (Fsp3) is 0.769. The average Bonchev–Trinajstić information content (AvgIpc) is 3.04. The van der Waals surface area contributed by atoms with E-state index in [1.807, 2.05) is 0 Å². The molecule has 0 radical (unpaired) electrons. The van der Waals surface area contributed by atoms with E-state index in [0.29, 0.717) is 11.8 Å². The van der Waals surface area contributed by atoms with Gasteiger partial charge in [-0.2, -0.15) is 0 Å².